The summed E-state index contributed by atoms with van der Waals surface area (Å²) in [4.78, 5) is 0. The van der Waals surface area contributed by atoms with Gasteiger partial charge in [0.15, 0.2) is 0 Å². The van der Waals surface area contributed by atoms with Crippen LogP contribution in [0.15, 0.2) is 0 Å². The van der Waals surface area contributed by atoms with Crippen LogP contribution in [0.2, 0.25) is 0 Å². The van der Waals surface area contributed by atoms with Gasteiger partial charge in [0.25, 0.3) is 0 Å². The van der Waals surface area contributed by atoms with Gasteiger partial charge in [-0.2, -0.15) is 0 Å². The molecule has 5 heteroatoms. The highest BCUT2D eigenvalue weighted by Crippen LogP contribution is 2.47. The van der Waals surface area contributed by atoms with Crippen LogP contribution in [0.5, 0.6) is 0 Å². The second-order valence-corrected chi connectivity index (χ2v) is 8.42. The van der Waals surface area contributed by atoms with Crippen molar-refractivity contribution in [2.24, 2.45) is 16.6 Å². The molecule has 0 spiro atoms. The molecule has 0 saturated heterocycles. The standard InChI is InChI=1S/C12H26N2O2S/c1-11(2,3)7-9-17(15,16)14-10-12(4-5-12)6-8-13/h14H,4-10,13H2,1-3H3. The van der Waals surface area contributed by atoms with Crippen LogP contribution in [0.4, 0.5) is 0 Å². The van der Waals surface area contributed by atoms with Gasteiger partial charge in [0.05, 0.1) is 5.75 Å². The first-order chi connectivity index (χ1) is 7.68. The summed E-state index contributed by atoms with van der Waals surface area (Å²) >= 11 is 0. The van der Waals surface area contributed by atoms with Gasteiger partial charge in [0, 0.05) is 6.54 Å². The van der Waals surface area contributed by atoms with E-state index in [-0.39, 0.29) is 16.6 Å². The molecule has 1 aliphatic rings. The Morgan fingerprint density at radius 1 is 1.29 bits per heavy atom. The molecular formula is C12H26N2O2S. The van der Waals surface area contributed by atoms with Crippen molar-refractivity contribution in [3.8, 4) is 0 Å². The smallest absolute Gasteiger partial charge is 0.211 e. The number of rotatable bonds is 7. The van der Waals surface area contributed by atoms with E-state index < -0.39 is 10.0 Å². The normalized spacial score (nSPS) is 19.3. The SMILES string of the molecule is CC(C)(C)CCS(=O)(=O)NCC1(CCN)CC1. The van der Waals surface area contributed by atoms with E-state index in [0.29, 0.717) is 19.5 Å². The second-order valence-electron chi connectivity index (χ2n) is 6.49. The summed E-state index contributed by atoms with van der Waals surface area (Å²) in [6, 6.07) is 0. The summed E-state index contributed by atoms with van der Waals surface area (Å²) < 4.78 is 26.4. The Bertz CT molecular complexity index is 340. The van der Waals surface area contributed by atoms with Crippen molar-refractivity contribution < 1.29 is 8.42 Å². The van der Waals surface area contributed by atoms with Gasteiger partial charge in [-0.1, -0.05) is 20.8 Å². The van der Waals surface area contributed by atoms with E-state index in [0.717, 1.165) is 19.3 Å². The molecule has 1 aliphatic carbocycles. The average Bonchev–Trinajstić information content (AvgIpc) is 2.93. The van der Waals surface area contributed by atoms with Gasteiger partial charge in [0.1, 0.15) is 0 Å². The van der Waals surface area contributed by atoms with E-state index in [2.05, 4.69) is 25.5 Å². The first kappa shape index (κ1) is 14.9. The van der Waals surface area contributed by atoms with Crippen LogP contribution in [-0.2, 0) is 10.0 Å². The molecule has 0 aliphatic heterocycles. The number of hydrogen-bond donors (Lipinski definition) is 2. The largest absolute Gasteiger partial charge is 0.330 e. The Balaban J connectivity index is 2.35. The Kier molecular flexibility index (Phi) is 4.60. The zero-order valence-electron chi connectivity index (χ0n) is 11.3. The van der Waals surface area contributed by atoms with Crippen molar-refractivity contribution in [3.63, 3.8) is 0 Å². The number of nitrogens with one attached hydrogen (secondary N) is 1. The Labute approximate surface area is 105 Å². The van der Waals surface area contributed by atoms with E-state index in [1.54, 1.807) is 0 Å². The molecule has 3 N–H and O–H groups in total. The van der Waals surface area contributed by atoms with Crippen LogP contribution in [0.1, 0.15) is 46.5 Å². The van der Waals surface area contributed by atoms with Crippen LogP contribution < -0.4 is 10.5 Å². The minimum atomic E-state index is -3.12. The molecule has 0 bridgehead atoms. The zero-order valence-corrected chi connectivity index (χ0v) is 12.1. The molecule has 1 fully saturated rings. The highest BCUT2D eigenvalue weighted by molar-refractivity contribution is 7.89. The molecule has 0 aromatic carbocycles. The zero-order chi connectivity index (χ0) is 13.2. The van der Waals surface area contributed by atoms with E-state index in [1.807, 2.05) is 0 Å². The monoisotopic (exact) mass is 262 g/mol. The molecule has 0 aromatic heterocycles. The highest BCUT2D eigenvalue weighted by Gasteiger charge is 2.42. The topological polar surface area (TPSA) is 72.2 Å². The van der Waals surface area contributed by atoms with Crippen LogP contribution >= 0.6 is 0 Å². The molecule has 0 amide bonds. The van der Waals surface area contributed by atoms with Gasteiger partial charge in [-0.3, -0.25) is 0 Å². The lowest BCUT2D eigenvalue weighted by Crippen LogP contribution is -2.34. The first-order valence-electron chi connectivity index (χ1n) is 6.36. The van der Waals surface area contributed by atoms with E-state index in [4.69, 9.17) is 5.73 Å². The fourth-order valence-electron chi connectivity index (χ4n) is 1.77. The van der Waals surface area contributed by atoms with Gasteiger partial charge in [0.2, 0.25) is 10.0 Å². The summed E-state index contributed by atoms with van der Waals surface area (Å²) in [5, 5.41) is 0. The lowest BCUT2D eigenvalue weighted by Gasteiger charge is -2.19. The fourth-order valence-corrected chi connectivity index (χ4v) is 3.33. The molecule has 0 atom stereocenters. The van der Waals surface area contributed by atoms with Crippen LogP contribution in [0.3, 0.4) is 0 Å². The highest BCUT2D eigenvalue weighted by atomic mass is 32.2. The van der Waals surface area contributed by atoms with Gasteiger partial charge in [-0.05, 0) is 43.1 Å². The maximum absolute atomic E-state index is 11.8. The van der Waals surface area contributed by atoms with Crippen molar-refractivity contribution in [1.29, 1.82) is 0 Å². The van der Waals surface area contributed by atoms with Gasteiger partial charge in [-0.15, -0.1) is 0 Å². The second kappa shape index (κ2) is 5.24. The van der Waals surface area contributed by atoms with Crippen molar-refractivity contribution in [1.82, 2.24) is 4.72 Å². The molecule has 1 saturated carbocycles. The van der Waals surface area contributed by atoms with Gasteiger partial charge < -0.3 is 5.73 Å². The predicted molar refractivity (Wildman–Crippen MR) is 71.2 cm³/mol. The van der Waals surface area contributed by atoms with Gasteiger partial charge in [-0.25, -0.2) is 13.1 Å². The van der Waals surface area contributed by atoms with Crippen LogP contribution in [-0.4, -0.2) is 27.3 Å². The quantitative estimate of drug-likeness (QED) is 0.730. The maximum Gasteiger partial charge on any atom is 0.211 e. The Morgan fingerprint density at radius 2 is 1.88 bits per heavy atom. The summed E-state index contributed by atoms with van der Waals surface area (Å²) in [5.74, 6) is 0.217. The van der Waals surface area contributed by atoms with E-state index in [9.17, 15) is 8.42 Å². The summed E-state index contributed by atoms with van der Waals surface area (Å²) in [7, 11) is -3.12. The summed E-state index contributed by atoms with van der Waals surface area (Å²) in [6.45, 7) is 7.37. The lowest BCUT2D eigenvalue weighted by atomic mass is 9.94. The van der Waals surface area contributed by atoms with Crippen molar-refractivity contribution >= 4 is 10.0 Å². The molecule has 0 heterocycles. The molecule has 0 aromatic rings. The molecule has 4 nitrogen and oxygen atoms in total. The molecule has 1 rings (SSSR count). The van der Waals surface area contributed by atoms with E-state index in [1.165, 1.54) is 0 Å². The van der Waals surface area contributed by atoms with Crippen molar-refractivity contribution in [3.05, 3.63) is 0 Å². The maximum atomic E-state index is 11.8. The third-order valence-corrected chi connectivity index (χ3v) is 4.75. The minimum Gasteiger partial charge on any atom is -0.330 e. The molecule has 0 radical (unpaired) electrons. The first-order valence-corrected chi connectivity index (χ1v) is 8.01. The predicted octanol–water partition coefficient (Wildman–Crippen LogP) is 1.47. The minimum absolute atomic E-state index is 0.0588. The van der Waals surface area contributed by atoms with E-state index >= 15 is 0 Å². The molecule has 0 unspecified atom stereocenters. The third-order valence-electron chi connectivity index (χ3n) is 3.42. The Morgan fingerprint density at radius 3 is 2.29 bits per heavy atom. The van der Waals surface area contributed by atoms with Crippen LogP contribution in [0, 0.1) is 10.8 Å². The number of nitrogens with two attached hydrogens (primary N) is 1. The third kappa shape index (κ3) is 5.84. The van der Waals surface area contributed by atoms with Gasteiger partial charge >= 0.3 is 0 Å². The van der Waals surface area contributed by atoms with Crippen molar-refractivity contribution in [2.75, 3.05) is 18.8 Å². The average molecular weight is 262 g/mol. The molecule has 102 valence electrons. The Hall–Kier alpha value is -0.130. The number of sulfonamides is 1. The number of hydrogen-bond acceptors (Lipinski definition) is 3. The van der Waals surface area contributed by atoms with Crippen molar-refractivity contribution in [2.45, 2.75) is 46.5 Å². The fraction of sp³-hybridized carbons (Fsp3) is 1.00. The summed E-state index contributed by atoms with van der Waals surface area (Å²) in [5.41, 5.74) is 5.76. The lowest BCUT2D eigenvalue weighted by molar-refractivity contribution is 0.395. The molecular weight excluding hydrogens is 236 g/mol. The molecule has 17 heavy (non-hydrogen) atoms. The van der Waals surface area contributed by atoms with Crippen LogP contribution in [0.25, 0.3) is 0 Å². The summed E-state index contributed by atoms with van der Waals surface area (Å²) in [6.07, 6.45) is 3.82.